The summed E-state index contributed by atoms with van der Waals surface area (Å²) in [4.78, 5) is 6.83. The molecule has 3 rings (SSSR count). The maximum absolute atomic E-state index is 12.5. The topological polar surface area (TPSA) is 74.2 Å². The van der Waals surface area contributed by atoms with Gasteiger partial charge < -0.3 is 15.0 Å². The molecule has 0 amide bonds. The van der Waals surface area contributed by atoms with Crippen LogP contribution in [-0.2, 0) is 14.8 Å². The van der Waals surface area contributed by atoms with Gasteiger partial charge in [0.25, 0.3) is 0 Å². The molecule has 1 N–H and O–H groups in total. The summed E-state index contributed by atoms with van der Waals surface area (Å²) in [5.41, 5.74) is 2.68. The van der Waals surface area contributed by atoms with E-state index in [4.69, 9.17) is 4.74 Å². The van der Waals surface area contributed by atoms with Crippen LogP contribution in [0.25, 0.3) is 6.08 Å². The van der Waals surface area contributed by atoms with E-state index >= 15 is 0 Å². The van der Waals surface area contributed by atoms with Crippen LogP contribution in [0.4, 0.5) is 0 Å². The van der Waals surface area contributed by atoms with Crippen LogP contribution < -0.4 is 5.32 Å². The van der Waals surface area contributed by atoms with Crippen LogP contribution in [0.1, 0.15) is 25.3 Å². The third-order valence-corrected chi connectivity index (χ3v) is 7.04. The summed E-state index contributed by atoms with van der Waals surface area (Å²) in [6.45, 7) is 6.66. The standard InChI is InChI=1S/C21H32N4O3S/c1-2-22-21(23-10-17-29(26,27)25-13-15-28-16-14-25)24-11-8-20(9-12-24)18-19-6-4-3-5-7-19/h3-7,18H,2,8-17H2,1H3,(H,22,23). The Hall–Kier alpha value is -1.90. The predicted octanol–water partition coefficient (Wildman–Crippen LogP) is 1.79. The second-order valence-corrected chi connectivity index (χ2v) is 9.35. The Morgan fingerprint density at radius 3 is 2.48 bits per heavy atom. The molecular weight excluding hydrogens is 388 g/mol. The molecule has 0 bridgehead atoms. The number of hydrogen-bond acceptors (Lipinski definition) is 4. The largest absolute Gasteiger partial charge is 0.379 e. The highest BCUT2D eigenvalue weighted by Gasteiger charge is 2.24. The van der Waals surface area contributed by atoms with E-state index in [1.165, 1.54) is 15.4 Å². The smallest absolute Gasteiger partial charge is 0.216 e. The quantitative estimate of drug-likeness (QED) is 0.561. The zero-order valence-corrected chi connectivity index (χ0v) is 18.0. The Bertz CT molecular complexity index is 792. The van der Waals surface area contributed by atoms with Crippen LogP contribution in [0.3, 0.4) is 0 Å². The van der Waals surface area contributed by atoms with Gasteiger partial charge in [-0.2, -0.15) is 4.31 Å². The van der Waals surface area contributed by atoms with E-state index in [-0.39, 0.29) is 12.3 Å². The Labute approximate surface area is 174 Å². The van der Waals surface area contributed by atoms with E-state index in [1.807, 2.05) is 13.0 Å². The van der Waals surface area contributed by atoms with Crippen molar-refractivity contribution in [2.24, 2.45) is 4.99 Å². The second kappa shape index (κ2) is 10.8. The number of rotatable bonds is 6. The minimum atomic E-state index is -3.28. The molecule has 0 atom stereocenters. The fraction of sp³-hybridized carbons (Fsp3) is 0.571. The number of benzene rings is 1. The van der Waals surface area contributed by atoms with Crippen molar-refractivity contribution in [2.75, 3.05) is 58.2 Å². The highest BCUT2D eigenvalue weighted by molar-refractivity contribution is 7.89. The zero-order chi connectivity index (χ0) is 20.5. The summed E-state index contributed by atoms with van der Waals surface area (Å²) in [5.74, 6) is 0.845. The number of likely N-dealkylation sites (tertiary alicyclic amines) is 1. The summed E-state index contributed by atoms with van der Waals surface area (Å²) in [7, 11) is -3.28. The molecule has 29 heavy (non-hydrogen) atoms. The van der Waals surface area contributed by atoms with Crippen LogP contribution in [0.2, 0.25) is 0 Å². The molecule has 2 saturated heterocycles. The van der Waals surface area contributed by atoms with Gasteiger partial charge in [0.05, 0.1) is 25.5 Å². The number of hydrogen-bond donors (Lipinski definition) is 1. The van der Waals surface area contributed by atoms with E-state index in [0.29, 0.717) is 26.3 Å². The predicted molar refractivity (Wildman–Crippen MR) is 117 cm³/mol. The van der Waals surface area contributed by atoms with Crippen molar-refractivity contribution in [1.29, 1.82) is 0 Å². The first-order valence-electron chi connectivity index (χ1n) is 10.4. The maximum Gasteiger partial charge on any atom is 0.216 e. The SMILES string of the molecule is CCNC(=NCCS(=O)(=O)N1CCOCC1)N1CCC(=Cc2ccccc2)CC1. The van der Waals surface area contributed by atoms with Crippen molar-refractivity contribution in [3.8, 4) is 0 Å². The molecule has 0 radical (unpaired) electrons. The number of ether oxygens (including phenoxy) is 1. The van der Waals surface area contributed by atoms with Crippen molar-refractivity contribution in [3.05, 3.63) is 41.5 Å². The lowest BCUT2D eigenvalue weighted by molar-refractivity contribution is 0.0731. The van der Waals surface area contributed by atoms with E-state index in [9.17, 15) is 8.42 Å². The number of sulfonamides is 1. The number of aliphatic imine (C=N–C) groups is 1. The Morgan fingerprint density at radius 1 is 1.14 bits per heavy atom. The van der Waals surface area contributed by atoms with Crippen molar-refractivity contribution >= 4 is 22.1 Å². The van der Waals surface area contributed by atoms with Crippen LogP contribution in [0.15, 0.2) is 40.9 Å². The highest BCUT2D eigenvalue weighted by atomic mass is 32.2. The fourth-order valence-electron chi connectivity index (χ4n) is 3.58. The number of morpholine rings is 1. The van der Waals surface area contributed by atoms with Crippen molar-refractivity contribution in [2.45, 2.75) is 19.8 Å². The molecule has 1 aromatic rings. The Kier molecular flexibility index (Phi) is 8.09. The van der Waals surface area contributed by atoms with E-state index in [1.54, 1.807) is 0 Å². The third kappa shape index (κ3) is 6.55. The molecule has 8 heteroatoms. The first kappa shape index (κ1) is 21.8. The molecule has 160 valence electrons. The van der Waals surface area contributed by atoms with Gasteiger partial charge in [-0.25, -0.2) is 8.42 Å². The number of nitrogens with one attached hydrogen (secondary N) is 1. The minimum absolute atomic E-state index is 0.0366. The van der Waals surface area contributed by atoms with E-state index < -0.39 is 10.0 Å². The molecule has 2 aliphatic heterocycles. The molecule has 0 saturated carbocycles. The number of piperidine rings is 1. The molecule has 1 aromatic carbocycles. The number of nitrogens with zero attached hydrogens (tertiary/aromatic N) is 3. The van der Waals surface area contributed by atoms with Gasteiger partial charge in [0.15, 0.2) is 5.96 Å². The summed E-state index contributed by atoms with van der Waals surface area (Å²) in [6.07, 6.45) is 4.26. The minimum Gasteiger partial charge on any atom is -0.379 e. The van der Waals surface area contributed by atoms with Crippen molar-refractivity contribution in [1.82, 2.24) is 14.5 Å². The average molecular weight is 421 g/mol. The summed E-state index contributed by atoms with van der Waals surface area (Å²) >= 11 is 0. The van der Waals surface area contributed by atoms with Gasteiger partial charge in [0, 0.05) is 32.7 Å². The maximum atomic E-state index is 12.5. The average Bonchev–Trinajstić information content (AvgIpc) is 2.75. The van der Waals surface area contributed by atoms with Crippen LogP contribution >= 0.6 is 0 Å². The molecule has 2 aliphatic rings. The lowest BCUT2D eigenvalue weighted by Gasteiger charge is -2.31. The molecule has 2 heterocycles. The molecule has 0 aromatic heterocycles. The van der Waals surface area contributed by atoms with Gasteiger partial charge in [0.1, 0.15) is 0 Å². The lowest BCUT2D eigenvalue weighted by atomic mass is 10.0. The Morgan fingerprint density at radius 2 is 1.83 bits per heavy atom. The lowest BCUT2D eigenvalue weighted by Crippen LogP contribution is -2.45. The second-order valence-electron chi connectivity index (χ2n) is 7.26. The van der Waals surface area contributed by atoms with Crippen molar-refractivity contribution in [3.63, 3.8) is 0 Å². The van der Waals surface area contributed by atoms with Crippen LogP contribution in [0, 0.1) is 0 Å². The monoisotopic (exact) mass is 420 g/mol. The van der Waals surface area contributed by atoms with Gasteiger partial charge in [-0.3, -0.25) is 4.99 Å². The normalized spacial score (nSPS) is 19.3. The third-order valence-electron chi connectivity index (χ3n) is 5.18. The molecule has 0 aliphatic carbocycles. The van der Waals surface area contributed by atoms with Gasteiger partial charge >= 0.3 is 0 Å². The first-order chi connectivity index (χ1) is 14.1. The van der Waals surface area contributed by atoms with Gasteiger partial charge in [-0.1, -0.05) is 42.0 Å². The fourth-order valence-corrected chi connectivity index (χ4v) is 4.87. The molecule has 2 fully saturated rings. The van der Waals surface area contributed by atoms with Crippen molar-refractivity contribution < 1.29 is 13.2 Å². The zero-order valence-electron chi connectivity index (χ0n) is 17.2. The van der Waals surface area contributed by atoms with E-state index in [2.05, 4.69) is 45.6 Å². The number of guanidine groups is 1. The molecule has 7 nitrogen and oxygen atoms in total. The molecule has 0 unspecified atom stereocenters. The van der Waals surface area contributed by atoms with Gasteiger partial charge in [-0.05, 0) is 25.3 Å². The first-order valence-corrected chi connectivity index (χ1v) is 12.0. The summed E-state index contributed by atoms with van der Waals surface area (Å²) < 4.78 is 31.7. The summed E-state index contributed by atoms with van der Waals surface area (Å²) in [6, 6.07) is 10.4. The molecule has 0 spiro atoms. The Balaban J connectivity index is 1.55. The van der Waals surface area contributed by atoms with Crippen LogP contribution in [-0.4, -0.2) is 81.8 Å². The van der Waals surface area contributed by atoms with E-state index in [0.717, 1.165) is 38.4 Å². The highest BCUT2D eigenvalue weighted by Crippen LogP contribution is 2.19. The summed E-state index contributed by atoms with van der Waals surface area (Å²) in [5, 5.41) is 3.31. The van der Waals surface area contributed by atoms with Gasteiger partial charge in [0.2, 0.25) is 10.0 Å². The van der Waals surface area contributed by atoms with Crippen LogP contribution in [0.5, 0.6) is 0 Å². The molecular formula is C21H32N4O3S. The van der Waals surface area contributed by atoms with Gasteiger partial charge in [-0.15, -0.1) is 0 Å².